The van der Waals surface area contributed by atoms with Gasteiger partial charge in [0.25, 0.3) is 0 Å². The molecule has 2 aromatic rings. The third kappa shape index (κ3) is 1.76. The van der Waals surface area contributed by atoms with Crippen molar-refractivity contribution in [3.8, 4) is 5.75 Å². The number of hydrogen-bond acceptors (Lipinski definition) is 2. The molecule has 84 valence electrons. The molecule has 2 aromatic carbocycles. The summed E-state index contributed by atoms with van der Waals surface area (Å²) in [5, 5.41) is 11.7. The van der Waals surface area contributed by atoms with Crippen LogP contribution in [0.15, 0.2) is 36.4 Å². The minimum absolute atomic E-state index is 0.0591. The van der Waals surface area contributed by atoms with Crippen LogP contribution in [0.2, 0.25) is 0 Å². The van der Waals surface area contributed by atoms with Crippen LogP contribution in [0.4, 0.5) is 0 Å². The predicted octanol–water partition coefficient (Wildman–Crippen LogP) is 2.78. The third-order valence-corrected chi connectivity index (χ3v) is 3.15. The van der Waals surface area contributed by atoms with Crippen molar-refractivity contribution in [2.24, 2.45) is 5.73 Å². The maximum Gasteiger partial charge on any atom is 0.123 e. The Labute approximate surface area is 95.7 Å². The minimum atomic E-state index is -0.0591. The Morgan fingerprint density at radius 2 is 1.94 bits per heavy atom. The molecule has 0 bridgehead atoms. The van der Waals surface area contributed by atoms with E-state index in [1.807, 2.05) is 24.3 Å². The van der Waals surface area contributed by atoms with Gasteiger partial charge in [0.2, 0.25) is 0 Å². The van der Waals surface area contributed by atoms with Crippen LogP contribution in [0.5, 0.6) is 5.75 Å². The first kappa shape index (κ1) is 11.0. The number of nitrogens with two attached hydrogens (primary N) is 1. The van der Waals surface area contributed by atoms with Crippen molar-refractivity contribution in [3.05, 3.63) is 42.0 Å². The number of phenols is 1. The number of fused-ring (bicyclic) bond motifs is 1. The second-order valence-corrected chi connectivity index (χ2v) is 4.80. The zero-order valence-corrected chi connectivity index (χ0v) is 9.70. The highest BCUT2D eigenvalue weighted by Crippen LogP contribution is 2.30. The second kappa shape index (κ2) is 3.80. The first-order valence-electron chi connectivity index (χ1n) is 5.47. The molecular formula is C14H17NO. The second-order valence-electron chi connectivity index (χ2n) is 4.80. The number of phenolic OH excluding ortho intramolecular Hbond substituents is 1. The fourth-order valence-corrected chi connectivity index (χ4v) is 1.79. The van der Waals surface area contributed by atoms with Gasteiger partial charge in [0, 0.05) is 17.3 Å². The lowest BCUT2D eigenvalue weighted by Crippen LogP contribution is -2.27. The fourth-order valence-electron chi connectivity index (χ4n) is 1.79. The highest BCUT2D eigenvalue weighted by atomic mass is 16.3. The molecule has 0 spiro atoms. The van der Waals surface area contributed by atoms with Crippen LogP contribution < -0.4 is 5.73 Å². The largest absolute Gasteiger partial charge is 0.507 e. The van der Waals surface area contributed by atoms with Crippen molar-refractivity contribution in [2.45, 2.75) is 19.3 Å². The number of aromatic hydroxyl groups is 1. The first-order chi connectivity index (χ1) is 7.54. The van der Waals surface area contributed by atoms with E-state index in [2.05, 4.69) is 19.9 Å². The van der Waals surface area contributed by atoms with Crippen LogP contribution in [-0.2, 0) is 5.41 Å². The van der Waals surface area contributed by atoms with Crippen molar-refractivity contribution >= 4 is 10.8 Å². The minimum Gasteiger partial charge on any atom is -0.507 e. The normalized spacial score (nSPS) is 11.9. The summed E-state index contributed by atoms with van der Waals surface area (Å²) in [6.45, 7) is 4.80. The van der Waals surface area contributed by atoms with Gasteiger partial charge in [-0.3, -0.25) is 0 Å². The molecule has 0 aliphatic heterocycles. The Balaban J connectivity index is 2.64. The third-order valence-electron chi connectivity index (χ3n) is 3.15. The molecule has 0 unspecified atom stereocenters. The Morgan fingerprint density at radius 1 is 1.19 bits per heavy atom. The molecule has 2 heteroatoms. The Morgan fingerprint density at radius 3 is 2.62 bits per heavy atom. The highest BCUT2D eigenvalue weighted by Gasteiger charge is 2.18. The van der Waals surface area contributed by atoms with Crippen LogP contribution in [0.3, 0.4) is 0 Å². The molecule has 3 N–H and O–H groups in total. The summed E-state index contributed by atoms with van der Waals surface area (Å²) < 4.78 is 0. The van der Waals surface area contributed by atoms with Gasteiger partial charge in [-0.1, -0.05) is 38.1 Å². The van der Waals surface area contributed by atoms with Crippen molar-refractivity contribution in [1.29, 1.82) is 0 Å². The van der Waals surface area contributed by atoms with E-state index in [9.17, 15) is 5.11 Å². The van der Waals surface area contributed by atoms with E-state index in [-0.39, 0.29) is 5.41 Å². The van der Waals surface area contributed by atoms with Gasteiger partial charge >= 0.3 is 0 Å². The predicted molar refractivity (Wildman–Crippen MR) is 67.7 cm³/mol. The molecule has 0 aliphatic rings. The maximum atomic E-state index is 9.80. The summed E-state index contributed by atoms with van der Waals surface area (Å²) in [5.41, 5.74) is 6.86. The number of hydrogen-bond donors (Lipinski definition) is 2. The molecule has 2 nitrogen and oxygen atoms in total. The molecule has 0 aliphatic carbocycles. The molecule has 0 heterocycles. The number of rotatable bonds is 2. The van der Waals surface area contributed by atoms with Crippen molar-refractivity contribution in [1.82, 2.24) is 0 Å². The van der Waals surface area contributed by atoms with E-state index in [0.717, 1.165) is 16.3 Å². The summed E-state index contributed by atoms with van der Waals surface area (Å²) in [7, 11) is 0. The van der Waals surface area contributed by atoms with E-state index in [1.54, 1.807) is 6.07 Å². The van der Waals surface area contributed by atoms with Crippen molar-refractivity contribution in [2.75, 3.05) is 6.54 Å². The SMILES string of the molecule is CC(C)(CN)c1ccc2cccc(O)c2c1. The monoisotopic (exact) mass is 215 g/mol. The van der Waals surface area contributed by atoms with E-state index >= 15 is 0 Å². The van der Waals surface area contributed by atoms with Crippen LogP contribution in [0.25, 0.3) is 10.8 Å². The Bertz CT molecular complexity index is 517. The zero-order chi connectivity index (χ0) is 11.8. The average molecular weight is 215 g/mol. The lowest BCUT2D eigenvalue weighted by molar-refractivity contribution is 0.481. The molecule has 0 fully saturated rings. The standard InChI is InChI=1S/C14H17NO/c1-14(2,9-15)11-7-6-10-4-3-5-13(16)12(10)8-11/h3-8,16H,9,15H2,1-2H3. The Hall–Kier alpha value is -1.54. The van der Waals surface area contributed by atoms with Gasteiger partial charge in [0.05, 0.1) is 0 Å². The van der Waals surface area contributed by atoms with E-state index in [0.29, 0.717) is 12.3 Å². The summed E-state index contributed by atoms with van der Waals surface area (Å²) >= 11 is 0. The smallest absolute Gasteiger partial charge is 0.123 e. The molecule has 16 heavy (non-hydrogen) atoms. The van der Waals surface area contributed by atoms with Gasteiger partial charge in [-0.2, -0.15) is 0 Å². The summed E-state index contributed by atoms with van der Waals surface area (Å²) in [4.78, 5) is 0. The molecule has 0 saturated heterocycles. The summed E-state index contributed by atoms with van der Waals surface area (Å²) in [5.74, 6) is 0.326. The maximum absolute atomic E-state index is 9.80. The Kier molecular flexibility index (Phi) is 2.60. The van der Waals surface area contributed by atoms with Gasteiger partial charge in [0.1, 0.15) is 5.75 Å². The zero-order valence-electron chi connectivity index (χ0n) is 9.70. The van der Waals surface area contributed by atoms with E-state index in [1.165, 1.54) is 0 Å². The molecule has 0 aromatic heterocycles. The quantitative estimate of drug-likeness (QED) is 0.809. The highest BCUT2D eigenvalue weighted by molar-refractivity contribution is 5.88. The molecule has 0 saturated carbocycles. The average Bonchev–Trinajstić information content (AvgIpc) is 2.29. The van der Waals surface area contributed by atoms with Crippen LogP contribution in [0.1, 0.15) is 19.4 Å². The fraction of sp³-hybridized carbons (Fsp3) is 0.286. The van der Waals surface area contributed by atoms with Gasteiger partial charge in [-0.25, -0.2) is 0 Å². The lowest BCUT2D eigenvalue weighted by Gasteiger charge is -2.23. The molecule has 0 radical (unpaired) electrons. The van der Waals surface area contributed by atoms with E-state index < -0.39 is 0 Å². The van der Waals surface area contributed by atoms with Gasteiger partial charge < -0.3 is 10.8 Å². The van der Waals surface area contributed by atoms with Crippen LogP contribution >= 0.6 is 0 Å². The number of benzene rings is 2. The molecular weight excluding hydrogens is 198 g/mol. The summed E-state index contributed by atoms with van der Waals surface area (Å²) in [6.07, 6.45) is 0. The van der Waals surface area contributed by atoms with Gasteiger partial charge in [0.15, 0.2) is 0 Å². The van der Waals surface area contributed by atoms with Crippen molar-refractivity contribution < 1.29 is 5.11 Å². The first-order valence-corrected chi connectivity index (χ1v) is 5.47. The van der Waals surface area contributed by atoms with Crippen LogP contribution in [0, 0.1) is 0 Å². The lowest BCUT2D eigenvalue weighted by atomic mass is 9.84. The van der Waals surface area contributed by atoms with Gasteiger partial charge in [-0.15, -0.1) is 0 Å². The molecule has 2 rings (SSSR count). The van der Waals surface area contributed by atoms with E-state index in [4.69, 9.17) is 5.73 Å². The van der Waals surface area contributed by atoms with Gasteiger partial charge in [-0.05, 0) is 23.1 Å². The van der Waals surface area contributed by atoms with Crippen molar-refractivity contribution in [3.63, 3.8) is 0 Å². The molecule has 0 atom stereocenters. The van der Waals surface area contributed by atoms with Crippen LogP contribution in [-0.4, -0.2) is 11.7 Å². The summed E-state index contributed by atoms with van der Waals surface area (Å²) in [6, 6.07) is 11.7. The molecule has 0 amide bonds. The topological polar surface area (TPSA) is 46.2 Å².